The molecule has 0 radical (unpaired) electrons. The molecule has 0 aromatic heterocycles. The van der Waals surface area contributed by atoms with E-state index >= 15 is 0 Å². The van der Waals surface area contributed by atoms with Gasteiger partial charge in [0.1, 0.15) is 5.75 Å². The maximum Gasteiger partial charge on any atom is 0.316 e. The number of allylic oxidation sites excluding steroid dienone is 1. The molecule has 0 aliphatic heterocycles. The fourth-order valence-electron chi connectivity index (χ4n) is 3.79. The minimum absolute atomic E-state index is 0.122. The van der Waals surface area contributed by atoms with Gasteiger partial charge in [0.2, 0.25) is 0 Å². The molecule has 0 unspecified atom stereocenters. The Morgan fingerprint density at radius 3 is 1.89 bits per heavy atom. The first-order chi connectivity index (χ1) is 17.2. The number of ether oxygens (including phenoxy) is 3. The van der Waals surface area contributed by atoms with Crippen LogP contribution in [0.3, 0.4) is 0 Å². The van der Waals surface area contributed by atoms with Gasteiger partial charge in [0.25, 0.3) is 0 Å². The summed E-state index contributed by atoms with van der Waals surface area (Å²) in [6.07, 6.45) is 3.47. The highest BCUT2D eigenvalue weighted by Crippen LogP contribution is 2.33. The molecule has 0 spiro atoms. The second-order valence-electron chi connectivity index (χ2n) is 11.7. The highest BCUT2D eigenvalue weighted by atomic mass is 16.5. The van der Waals surface area contributed by atoms with Crippen molar-refractivity contribution in [3.8, 4) is 5.75 Å². The molecule has 202 valence electrons. The van der Waals surface area contributed by atoms with Crippen molar-refractivity contribution >= 4 is 17.8 Å². The zero-order valence-corrected chi connectivity index (χ0v) is 24.1. The van der Waals surface area contributed by atoms with Gasteiger partial charge in [0.15, 0.2) is 5.78 Å². The molecule has 2 aromatic carbocycles. The monoisotopic (exact) mass is 508 g/mol. The van der Waals surface area contributed by atoms with Crippen LogP contribution in [0.25, 0.3) is 6.08 Å². The van der Waals surface area contributed by atoms with Crippen molar-refractivity contribution in [3.05, 3.63) is 70.8 Å². The van der Waals surface area contributed by atoms with Gasteiger partial charge in [-0.05, 0) is 81.7 Å². The van der Waals surface area contributed by atoms with Crippen molar-refractivity contribution < 1.29 is 23.8 Å². The van der Waals surface area contributed by atoms with E-state index in [1.54, 1.807) is 51.1 Å². The van der Waals surface area contributed by atoms with Crippen molar-refractivity contribution in [2.75, 3.05) is 26.4 Å². The van der Waals surface area contributed by atoms with E-state index in [9.17, 15) is 9.59 Å². The molecule has 0 aliphatic carbocycles. The zero-order chi connectivity index (χ0) is 27.9. The van der Waals surface area contributed by atoms with Crippen LogP contribution in [0, 0.1) is 5.41 Å². The Kier molecular flexibility index (Phi) is 10.4. The summed E-state index contributed by atoms with van der Waals surface area (Å²) >= 11 is 0. The second kappa shape index (κ2) is 12.7. The summed E-state index contributed by atoms with van der Waals surface area (Å²) in [5.41, 5.74) is 2.80. The standard InChI is InChI=1S/C32H44O5/c1-10-35-21-31(6,7)25-16-12-23(27(20-25)32(8,9)22-36-11-2)15-19-28(33)24-13-17-26(18-14-24)37-29(34)30(3,4)5/h12-20H,10-11,21-22H2,1-9H3. The Balaban J connectivity index is 2.33. The third-order valence-corrected chi connectivity index (χ3v) is 6.27. The fourth-order valence-corrected chi connectivity index (χ4v) is 3.79. The molecule has 5 heteroatoms. The van der Waals surface area contributed by atoms with Gasteiger partial charge in [-0.3, -0.25) is 9.59 Å². The third kappa shape index (κ3) is 8.65. The maximum atomic E-state index is 13.0. The van der Waals surface area contributed by atoms with Gasteiger partial charge >= 0.3 is 5.97 Å². The molecule has 0 N–H and O–H groups in total. The summed E-state index contributed by atoms with van der Waals surface area (Å²) in [7, 11) is 0. The van der Waals surface area contributed by atoms with Crippen LogP contribution in [-0.2, 0) is 25.1 Å². The van der Waals surface area contributed by atoms with Gasteiger partial charge in [-0.1, -0.05) is 52.0 Å². The predicted molar refractivity (Wildman–Crippen MR) is 150 cm³/mol. The van der Waals surface area contributed by atoms with Crippen LogP contribution in [0.2, 0.25) is 0 Å². The van der Waals surface area contributed by atoms with Crippen LogP contribution in [0.15, 0.2) is 48.5 Å². The van der Waals surface area contributed by atoms with E-state index in [1.165, 1.54) is 5.56 Å². The second-order valence-corrected chi connectivity index (χ2v) is 11.7. The summed E-state index contributed by atoms with van der Waals surface area (Å²) in [5, 5.41) is 0. The molecule has 0 fully saturated rings. The smallest absolute Gasteiger partial charge is 0.316 e. The molecule has 2 rings (SSSR count). The first-order valence-corrected chi connectivity index (χ1v) is 13.1. The van der Waals surface area contributed by atoms with Gasteiger partial charge in [-0.2, -0.15) is 0 Å². The summed E-state index contributed by atoms with van der Waals surface area (Å²) in [5.74, 6) is -0.0183. The van der Waals surface area contributed by atoms with Crippen LogP contribution in [0.5, 0.6) is 5.75 Å². The zero-order valence-electron chi connectivity index (χ0n) is 24.1. The first-order valence-electron chi connectivity index (χ1n) is 13.1. The molecule has 0 amide bonds. The number of benzene rings is 2. The molecule has 0 atom stereocenters. The number of esters is 1. The highest BCUT2D eigenvalue weighted by Gasteiger charge is 2.28. The van der Waals surface area contributed by atoms with Crippen molar-refractivity contribution in [1.29, 1.82) is 0 Å². The number of ketones is 1. The van der Waals surface area contributed by atoms with E-state index < -0.39 is 5.41 Å². The largest absolute Gasteiger partial charge is 0.426 e. The Labute approximate surface area is 223 Å². The maximum absolute atomic E-state index is 13.0. The van der Waals surface area contributed by atoms with E-state index in [0.717, 1.165) is 11.1 Å². The first kappa shape index (κ1) is 30.5. The van der Waals surface area contributed by atoms with Crippen LogP contribution in [0.1, 0.15) is 89.4 Å². The van der Waals surface area contributed by atoms with Crippen LogP contribution >= 0.6 is 0 Å². The average Bonchev–Trinajstić information content (AvgIpc) is 2.84. The summed E-state index contributed by atoms with van der Waals surface area (Å²) in [6, 6.07) is 13.1. The number of hydrogen-bond donors (Lipinski definition) is 0. The van der Waals surface area contributed by atoms with Crippen molar-refractivity contribution in [1.82, 2.24) is 0 Å². The molecule has 2 aromatic rings. The van der Waals surface area contributed by atoms with Gasteiger partial charge in [0, 0.05) is 29.6 Å². The number of rotatable bonds is 12. The number of carbonyl (C=O) groups excluding carboxylic acids is 2. The van der Waals surface area contributed by atoms with Crippen LogP contribution < -0.4 is 4.74 Å². The molecule has 37 heavy (non-hydrogen) atoms. The van der Waals surface area contributed by atoms with Crippen molar-refractivity contribution in [2.45, 2.75) is 73.1 Å². The molecule has 5 nitrogen and oxygen atoms in total. The van der Waals surface area contributed by atoms with Crippen molar-refractivity contribution in [2.24, 2.45) is 5.41 Å². The Morgan fingerprint density at radius 1 is 0.784 bits per heavy atom. The minimum Gasteiger partial charge on any atom is -0.426 e. The highest BCUT2D eigenvalue weighted by molar-refractivity contribution is 6.07. The third-order valence-electron chi connectivity index (χ3n) is 6.27. The number of hydrogen-bond acceptors (Lipinski definition) is 5. The Bertz CT molecular complexity index is 1090. The normalized spacial score (nSPS) is 12.7. The topological polar surface area (TPSA) is 61.8 Å². The Morgan fingerprint density at radius 2 is 1.35 bits per heavy atom. The summed E-state index contributed by atoms with van der Waals surface area (Å²) in [6.45, 7) is 20.6. The van der Waals surface area contributed by atoms with Crippen LogP contribution in [0.4, 0.5) is 0 Å². The van der Waals surface area contributed by atoms with Crippen LogP contribution in [-0.4, -0.2) is 38.2 Å². The van der Waals surface area contributed by atoms with Crippen molar-refractivity contribution in [3.63, 3.8) is 0 Å². The molecule has 0 bridgehead atoms. The number of carbonyl (C=O) groups is 2. The molecule has 0 heterocycles. The summed E-state index contributed by atoms with van der Waals surface area (Å²) in [4.78, 5) is 25.1. The Hall–Kier alpha value is -2.76. The molecule has 0 saturated carbocycles. The predicted octanol–water partition coefficient (Wildman–Crippen LogP) is 7.16. The lowest BCUT2D eigenvalue weighted by Crippen LogP contribution is -2.28. The minimum atomic E-state index is -0.599. The van der Waals surface area contributed by atoms with E-state index in [1.807, 2.05) is 19.9 Å². The van der Waals surface area contributed by atoms with E-state index in [-0.39, 0.29) is 22.6 Å². The van der Waals surface area contributed by atoms with Gasteiger partial charge in [0.05, 0.1) is 18.6 Å². The van der Waals surface area contributed by atoms with Gasteiger partial charge in [-0.25, -0.2) is 0 Å². The SMILES string of the molecule is CCOCC(C)(C)c1ccc(C=CC(=O)c2ccc(OC(=O)C(C)(C)C)cc2)c(C(C)(C)COCC)c1. The van der Waals surface area contributed by atoms with Gasteiger partial charge in [-0.15, -0.1) is 0 Å². The lowest BCUT2D eigenvalue weighted by Gasteiger charge is -2.31. The molecule has 0 saturated heterocycles. The van der Waals surface area contributed by atoms with E-state index in [2.05, 4.69) is 45.9 Å². The molecular weight excluding hydrogens is 464 g/mol. The summed E-state index contributed by atoms with van der Waals surface area (Å²) < 4.78 is 16.9. The molecular formula is C32H44O5. The lowest BCUT2D eigenvalue weighted by atomic mass is 9.77. The lowest BCUT2D eigenvalue weighted by molar-refractivity contribution is -0.143. The van der Waals surface area contributed by atoms with E-state index in [4.69, 9.17) is 14.2 Å². The quantitative estimate of drug-likeness (QED) is 0.132. The fraction of sp³-hybridized carbons (Fsp3) is 0.500. The molecule has 0 aliphatic rings. The average molecular weight is 509 g/mol. The van der Waals surface area contributed by atoms with Gasteiger partial charge < -0.3 is 14.2 Å². The van der Waals surface area contributed by atoms with E-state index in [0.29, 0.717) is 37.7 Å².